The molecule has 0 spiro atoms. The summed E-state index contributed by atoms with van der Waals surface area (Å²) in [6.45, 7) is 0.952. The predicted octanol–water partition coefficient (Wildman–Crippen LogP) is 1.71. The van der Waals surface area contributed by atoms with Crippen LogP contribution >= 0.6 is 23.5 Å². The maximum absolute atomic E-state index is 12.6. The summed E-state index contributed by atoms with van der Waals surface area (Å²) in [7, 11) is 0. The van der Waals surface area contributed by atoms with Crippen molar-refractivity contribution in [1.29, 1.82) is 0 Å². The van der Waals surface area contributed by atoms with Crippen LogP contribution in [0.2, 0.25) is 0 Å². The molecule has 0 unspecified atom stereocenters. The second kappa shape index (κ2) is 6.29. The molecule has 2 aliphatic rings. The van der Waals surface area contributed by atoms with Gasteiger partial charge in [-0.15, -0.1) is 11.8 Å². The number of thioether (sulfide) groups is 2. The fourth-order valence-corrected chi connectivity index (χ4v) is 4.06. The van der Waals surface area contributed by atoms with E-state index in [9.17, 15) is 14.4 Å². The molecule has 0 aliphatic carbocycles. The molecule has 1 aromatic heterocycles. The summed E-state index contributed by atoms with van der Waals surface area (Å²) in [4.78, 5) is 43.4. The lowest BCUT2D eigenvalue weighted by atomic mass is 10.2. The van der Waals surface area contributed by atoms with Crippen LogP contribution in [0.5, 0.6) is 0 Å². The van der Waals surface area contributed by atoms with Gasteiger partial charge in [-0.25, -0.2) is 4.98 Å². The molecule has 8 heteroatoms. The highest BCUT2D eigenvalue weighted by Gasteiger charge is 2.40. The van der Waals surface area contributed by atoms with Crippen molar-refractivity contribution in [2.45, 2.75) is 17.5 Å². The van der Waals surface area contributed by atoms with Gasteiger partial charge in [-0.3, -0.25) is 19.3 Å². The minimum atomic E-state index is -0.201. The van der Waals surface area contributed by atoms with Crippen molar-refractivity contribution in [3.05, 3.63) is 23.9 Å². The Morgan fingerprint density at radius 3 is 2.95 bits per heavy atom. The number of carbonyl (C=O) groups excluding carboxylic acids is 3. The van der Waals surface area contributed by atoms with Crippen LogP contribution in [0.15, 0.2) is 23.4 Å². The molecule has 0 bridgehead atoms. The van der Waals surface area contributed by atoms with Gasteiger partial charge in [0.05, 0.1) is 17.4 Å². The summed E-state index contributed by atoms with van der Waals surface area (Å²) in [5, 5.41) is 0.496. The van der Waals surface area contributed by atoms with E-state index in [2.05, 4.69) is 4.98 Å². The van der Waals surface area contributed by atoms with Gasteiger partial charge in [-0.05, 0) is 24.8 Å². The number of amides is 3. The lowest BCUT2D eigenvalue weighted by Gasteiger charge is -2.22. The van der Waals surface area contributed by atoms with Gasteiger partial charge in [0, 0.05) is 19.3 Å². The number of aromatic nitrogens is 1. The third-order valence-corrected chi connectivity index (χ3v) is 5.34. The maximum atomic E-state index is 12.6. The van der Waals surface area contributed by atoms with E-state index in [-0.39, 0.29) is 28.8 Å². The molecule has 3 amide bonds. The normalized spacial score (nSPS) is 21.8. The Balaban J connectivity index is 1.74. The summed E-state index contributed by atoms with van der Waals surface area (Å²) in [6.07, 6.45) is 4.18. The topological polar surface area (TPSA) is 70.6 Å². The van der Waals surface area contributed by atoms with Crippen LogP contribution in [0.4, 0.5) is 4.79 Å². The quantitative estimate of drug-likeness (QED) is 0.782. The second-order valence-electron chi connectivity index (χ2n) is 5.07. The first-order valence-corrected chi connectivity index (χ1v) is 9.10. The average molecular weight is 337 g/mol. The first-order valence-electron chi connectivity index (χ1n) is 6.89. The van der Waals surface area contributed by atoms with Gasteiger partial charge in [0.2, 0.25) is 5.91 Å². The fourth-order valence-electron chi connectivity index (χ4n) is 2.74. The highest BCUT2D eigenvalue weighted by Crippen LogP contribution is 2.27. The SMILES string of the molecule is CSc1ncccc1C(=O)N1CC[C@@H](N2C(=O)CSC2=O)C1. The summed E-state index contributed by atoms with van der Waals surface area (Å²) < 4.78 is 0. The number of hydrogen-bond donors (Lipinski definition) is 0. The molecule has 1 aromatic rings. The molecular formula is C14H15N3O3S2. The number of imide groups is 1. The van der Waals surface area contributed by atoms with Gasteiger partial charge in [0.25, 0.3) is 11.1 Å². The Kier molecular flexibility index (Phi) is 4.39. The van der Waals surface area contributed by atoms with Crippen molar-refractivity contribution in [1.82, 2.24) is 14.8 Å². The Hall–Kier alpha value is -1.54. The molecular weight excluding hydrogens is 322 g/mol. The van der Waals surface area contributed by atoms with E-state index in [1.807, 2.05) is 6.26 Å². The summed E-state index contributed by atoms with van der Waals surface area (Å²) in [5.41, 5.74) is 0.573. The van der Waals surface area contributed by atoms with E-state index in [1.165, 1.54) is 16.7 Å². The largest absolute Gasteiger partial charge is 0.336 e. The van der Waals surface area contributed by atoms with Crippen molar-refractivity contribution in [2.24, 2.45) is 0 Å². The molecule has 22 heavy (non-hydrogen) atoms. The van der Waals surface area contributed by atoms with E-state index in [4.69, 9.17) is 0 Å². The van der Waals surface area contributed by atoms with Gasteiger partial charge in [-0.1, -0.05) is 11.8 Å². The summed E-state index contributed by atoms with van der Waals surface area (Å²) >= 11 is 2.46. The molecule has 3 rings (SSSR count). The van der Waals surface area contributed by atoms with Gasteiger partial charge in [0.1, 0.15) is 5.03 Å². The molecule has 116 valence electrons. The first-order chi connectivity index (χ1) is 10.6. The zero-order valence-corrected chi connectivity index (χ0v) is 13.7. The Labute approximate surface area is 136 Å². The fraction of sp³-hybridized carbons (Fsp3) is 0.429. The number of nitrogens with zero attached hydrogens (tertiary/aromatic N) is 3. The van der Waals surface area contributed by atoms with Crippen molar-refractivity contribution < 1.29 is 14.4 Å². The Bertz CT molecular complexity index is 622. The molecule has 0 saturated carbocycles. The molecule has 2 aliphatic heterocycles. The van der Waals surface area contributed by atoms with E-state index in [0.717, 1.165) is 11.8 Å². The number of hydrogen-bond acceptors (Lipinski definition) is 6. The van der Waals surface area contributed by atoms with Crippen LogP contribution < -0.4 is 0 Å². The minimum Gasteiger partial charge on any atom is -0.336 e. The summed E-state index contributed by atoms with van der Waals surface area (Å²) in [5.74, 6) is -0.0325. The number of carbonyl (C=O) groups is 3. The third kappa shape index (κ3) is 2.72. The maximum Gasteiger partial charge on any atom is 0.289 e. The van der Waals surface area contributed by atoms with Crippen LogP contribution in [-0.4, -0.2) is 63.0 Å². The number of rotatable bonds is 3. The van der Waals surface area contributed by atoms with E-state index < -0.39 is 0 Å². The molecule has 6 nitrogen and oxygen atoms in total. The number of likely N-dealkylation sites (tertiary alicyclic amines) is 1. The van der Waals surface area contributed by atoms with Crippen LogP contribution in [0.25, 0.3) is 0 Å². The predicted molar refractivity (Wildman–Crippen MR) is 85.0 cm³/mol. The van der Waals surface area contributed by atoms with E-state index in [1.54, 1.807) is 23.2 Å². The smallest absolute Gasteiger partial charge is 0.289 e. The molecule has 2 saturated heterocycles. The average Bonchev–Trinajstić information content (AvgIpc) is 3.13. The van der Waals surface area contributed by atoms with Crippen molar-refractivity contribution in [2.75, 3.05) is 25.1 Å². The lowest BCUT2D eigenvalue weighted by Crippen LogP contribution is -2.41. The molecule has 0 N–H and O–H groups in total. The van der Waals surface area contributed by atoms with Crippen molar-refractivity contribution in [3.8, 4) is 0 Å². The highest BCUT2D eigenvalue weighted by molar-refractivity contribution is 8.14. The first kappa shape index (κ1) is 15.4. The van der Waals surface area contributed by atoms with Crippen molar-refractivity contribution in [3.63, 3.8) is 0 Å². The molecule has 0 radical (unpaired) electrons. The zero-order chi connectivity index (χ0) is 15.7. The lowest BCUT2D eigenvalue weighted by molar-refractivity contribution is -0.126. The molecule has 2 fully saturated rings. The molecule has 0 aromatic carbocycles. The monoisotopic (exact) mass is 337 g/mol. The molecule has 3 heterocycles. The van der Waals surface area contributed by atoms with Crippen molar-refractivity contribution >= 4 is 40.6 Å². The highest BCUT2D eigenvalue weighted by atomic mass is 32.2. The van der Waals surface area contributed by atoms with Gasteiger partial charge in [-0.2, -0.15) is 0 Å². The third-order valence-electron chi connectivity index (χ3n) is 3.80. The second-order valence-corrected chi connectivity index (χ2v) is 6.79. The van der Waals surface area contributed by atoms with Crippen LogP contribution in [0.3, 0.4) is 0 Å². The van der Waals surface area contributed by atoms with Gasteiger partial charge < -0.3 is 4.90 Å². The van der Waals surface area contributed by atoms with E-state index >= 15 is 0 Å². The zero-order valence-electron chi connectivity index (χ0n) is 12.0. The van der Waals surface area contributed by atoms with Crippen LogP contribution in [-0.2, 0) is 4.79 Å². The minimum absolute atomic E-state index is 0.0910. The standard InChI is InChI=1S/C14H15N3O3S2/c1-21-12-10(3-2-5-15-12)13(19)16-6-4-9(7-16)17-11(18)8-22-14(17)20/h2-3,5,9H,4,6-8H2,1H3/t9-/m1/s1. The van der Waals surface area contributed by atoms with Gasteiger partial charge >= 0.3 is 0 Å². The van der Waals surface area contributed by atoms with Gasteiger partial charge in [0.15, 0.2) is 0 Å². The van der Waals surface area contributed by atoms with E-state index in [0.29, 0.717) is 30.1 Å². The Morgan fingerprint density at radius 2 is 2.27 bits per heavy atom. The Morgan fingerprint density at radius 1 is 1.45 bits per heavy atom. The van der Waals surface area contributed by atoms with Crippen LogP contribution in [0.1, 0.15) is 16.8 Å². The number of pyridine rings is 1. The summed E-state index contributed by atoms with van der Waals surface area (Å²) in [6, 6.07) is 3.30. The molecule has 1 atom stereocenters. The van der Waals surface area contributed by atoms with Crippen LogP contribution in [0, 0.1) is 0 Å².